The molecule has 3 aromatic rings. The van der Waals surface area contributed by atoms with Gasteiger partial charge in [-0.05, 0) is 63.1 Å². The monoisotopic (exact) mass is 557 g/mol. The van der Waals surface area contributed by atoms with Crippen molar-refractivity contribution in [1.82, 2.24) is 10.2 Å². The van der Waals surface area contributed by atoms with Crippen molar-refractivity contribution < 1.29 is 29.0 Å². The van der Waals surface area contributed by atoms with Crippen molar-refractivity contribution >= 4 is 23.6 Å². The van der Waals surface area contributed by atoms with E-state index >= 15 is 0 Å². The average Bonchev–Trinajstić information content (AvgIpc) is 2.92. The standard InChI is InChI=1S/C32H35N3O6/c1-7-35(30(38)26(20-22-13-9-8-10-14-22)34-31(39)41-32(3,4)5)27(25-15-11-12-21(2)28(25)36)29(37)33-23-16-18-24(40-6)19-17-23/h1,8-19,26-27,36H,20H2,2-6H3,(H,33,37)(H,34,39). The molecule has 0 saturated heterocycles. The summed E-state index contributed by atoms with van der Waals surface area (Å²) >= 11 is 0. The number of methoxy groups -OCH3 is 1. The fraction of sp³-hybridized carbons (Fsp3) is 0.281. The van der Waals surface area contributed by atoms with Gasteiger partial charge in [-0.25, -0.2) is 4.79 Å². The average molecular weight is 558 g/mol. The third-order valence-electron chi connectivity index (χ3n) is 6.08. The van der Waals surface area contributed by atoms with Crippen LogP contribution >= 0.6 is 0 Å². The van der Waals surface area contributed by atoms with Crippen LogP contribution in [-0.4, -0.2) is 46.7 Å². The summed E-state index contributed by atoms with van der Waals surface area (Å²) in [4.78, 5) is 41.5. The number of para-hydroxylation sites is 1. The van der Waals surface area contributed by atoms with E-state index in [0.29, 0.717) is 17.0 Å². The zero-order chi connectivity index (χ0) is 30.2. The lowest BCUT2D eigenvalue weighted by atomic mass is 9.98. The molecule has 3 N–H and O–H groups in total. The highest BCUT2D eigenvalue weighted by atomic mass is 16.6. The number of nitrogens with zero attached hydrogens (tertiary/aromatic N) is 1. The Morgan fingerprint density at radius 1 is 1.00 bits per heavy atom. The molecule has 0 bridgehead atoms. The maximum Gasteiger partial charge on any atom is 0.408 e. The Morgan fingerprint density at radius 3 is 2.24 bits per heavy atom. The zero-order valence-electron chi connectivity index (χ0n) is 23.8. The number of nitrogens with one attached hydrogen (secondary N) is 2. The quantitative estimate of drug-likeness (QED) is 0.253. The zero-order valence-corrected chi connectivity index (χ0v) is 23.8. The summed E-state index contributed by atoms with van der Waals surface area (Å²) in [5.41, 5.74) is 0.964. The number of hydrogen-bond acceptors (Lipinski definition) is 6. The number of alkyl carbamates (subject to hydrolysis) is 1. The van der Waals surface area contributed by atoms with Crippen molar-refractivity contribution in [3.8, 4) is 24.0 Å². The van der Waals surface area contributed by atoms with E-state index in [1.165, 1.54) is 13.2 Å². The van der Waals surface area contributed by atoms with Crippen molar-refractivity contribution in [2.75, 3.05) is 12.4 Å². The Hall–Kier alpha value is -4.97. The van der Waals surface area contributed by atoms with E-state index in [1.807, 2.05) is 6.07 Å². The second kappa shape index (κ2) is 13.4. The number of phenolic OH excluding ortho intramolecular Hbond substituents is 1. The molecule has 0 spiro atoms. The number of phenols is 1. The second-order valence-electron chi connectivity index (χ2n) is 10.4. The van der Waals surface area contributed by atoms with Gasteiger partial charge in [-0.15, -0.1) is 0 Å². The van der Waals surface area contributed by atoms with Gasteiger partial charge in [0.05, 0.1) is 7.11 Å². The van der Waals surface area contributed by atoms with Crippen LogP contribution in [0.1, 0.15) is 43.5 Å². The van der Waals surface area contributed by atoms with Gasteiger partial charge in [0.15, 0.2) is 6.04 Å². The third kappa shape index (κ3) is 8.26. The lowest BCUT2D eigenvalue weighted by Crippen LogP contribution is -2.51. The topological polar surface area (TPSA) is 117 Å². The molecule has 2 unspecified atom stereocenters. The van der Waals surface area contributed by atoms with Crippen LogP contribution in [0.2, 0.25) is 0 Å². The van der Waals surface area contributed by atoms with Crippen LogP contribution in [0.3, 0.4) is 0 Å². The number of aryl methyl sites for hydroxylation is 1. The fourth-order valence-electron chi connectivity index (χ4n) is 4.12. The first kappa shape index (κ1) is 30.6. The number of benzene rings is 3. The molecule has 9 heteroatoms. The predicted molar refractivity (Wildman–Crippen MR) is 156 cm³/mol. The van der Waals surface area contributed by atoms with Crippen LogP contribution in [-0.2, 0) is 20.7 Å². The molecule has 0 aliphatic carbocycles. The summed E-state index contributed by atoms with van der Waals surface area (Å²) in [5.74, 6) is -1.00. The molecule has 2 atom stereocenters. The van der Waals surface area contributed by atoms with E-state index in [-0.39, 0.29) is 17.7 Å². The van der Waals surface area contributed by atoms with E-state index in [2.05, 4.69) is 16.7 Å². The molecule has 41 heavy (non-hydrogen) atoms. The maximum atomic E-state index is 14.1. The minimum atomic E-state index is -1.44. The van der Waals surface area contributed by atoms with Crippen LogP contribution in [0.4, 0.5) is 10.5 Å². The Balaban J connectivity index is 2.03. The number of rotatable bonds is 9. The van der Waals surface area contributed by atoms with E-state index in [9.17, 15) is 19.5 Å². The molecular weight excluding hydrogens is 522 g/mol. The summed E-state index contributed by atoms with van der Waals surface area (Å²) in [6.45, 7) is 6.78. The van der Waals surface area contributed by atoms with Gasteiger partial charge in [0, 0.05) is 23.7 Å². The van der Waals surface area contributed by atoms with Crippen LogP contribution in [0.5, 0.6) is 11.5 Å². The number of carbonyl (C=O) groups excluding carboxylic acids is 3. The van der Waals surface area contributed by atoms with Crippen LogP contribution in [0, 0.1) is 19.4 Å². The van der Waals surface area contributed by atoms with E-state index in [1.54, 1.807) is 88.4 Å². The first-order chi connectivity index (χ1) is 19.4. The lowest BCUT2D eigenvalue weighted by molar-refractivity contribution is -0.136. The normalized spacial score (nSPS) is 12.3. The van der Waals surface area contributed by atoms with Crippen molar-refractivity contribution in [3.63, 3.8) is 0 Å². The number of ether oxygens (including phenoxy) is 2. The molecule has 0 saturated carbocycles. The first-order valence-corrected chi connectivity index (χ1v) is 13.0. The molecule has 3 amide bonds. The number of terminal acetylenes is 1. The summed E-state index contributed by atoms with van der Waals surface area (Å²) in [6, 6.07) is 20.2. The Bertz CT molecular complexity index is 1410. The Morgan fingerprint density at radius 2 is 1.66 bits per heavy atom. The van der Waals surface area contributed by atoms with Gasteiger partial charge >= 0.3 is 6.09 Å². The number of hydrogen-bond donors (Lipinski definition) is 3. The minimum Gasteiger partial charge on any atom is -0.507 e. The highest BCUT2D eigenvalue weighted by molar-refractivity contribution is 6.00. The van der Waals surface area contributed by atoms with Crippen molar-refractivity contribution in [1.29, 1.82) is 0 Å². The van der Waals surface area contributed by atoms with Crippen molar-refractivity contribution in [3.05, 3.63) is 89.5 Å². The van der Waals surface area contributed by atoms with Gasteiger partial charge in [0.25, 0.3) is 11.8 Å². The van der Waals surface area contributed by atoms with Gasteiger partial charge in [0.1, 0.15) is 23.1 Å². The molecular formula is C32H35N3O6. The highest BCUT2D eigenvalue weighted by Crippen LogP contribution is 2.33. The smallest absolute Gasteiger partial charge is 0.408 e. The second-order valence-corrected chi connectivity index (χ2v) is 10.4. The van der Waals surface area contributed by atoms with E-state index < -0.39 is 35.6 Å². The molecule has 3 aromatic carbocycles. The van der Waals surface area contributed by atoms with E-state index in [0.717, 1.165) is 10.5 Å². The fourth-order valence-corrected chi connectivity index (χ4v) is 4.12. The Kier molecular flexibility index (Phi) is 9.99. The van der Waals surface area contributed by atoms with Crippen molar-refractivity contribution in [2.45, 2.75) is 51.8 Å². The van der Waals surface area contributed by atoms with Crippen molar-refractivity contribution in [2.24, 2.45) is 0 Å². The Labute approximate surface area is 240 Å². The molecule has 3 rings (SSSR count). The number of amides is 3. The lowest BCUT2D eigenvalue weighted by Gasteiger charge is -2.31. The molecule has 0 heterocycles. The number of anilines is 1. The minimum absolute atomic E-state index is 0.0731. The molecule has 0 aromatic heterocycles. The van der Waals surface area contributed by atoms with E-state index in [4.69, 9.17) is 15.9 Å². The van der Waals surface area contributed by atoms with Gasteiger partial charge in [-0.3, -0.25) is 14.5 Å². The molecule has 0 fully saturated rings. The van der Waals surface area contributed by atoms with Crippen LogP contribution in [0.15, 0.2) is 72.8 Å². The summed E-state index contributed by atoms with van der Waals surface area (Å²) in [7, 11) is 1.53. The van der Waals surface area contributed by atoms with Crippen LogP contribution in [0.25, 0.3) is 0 Å². The molecule has 0 radical (unpaired) electrons. The van der Waals surface area contributed by atoms with Gasteiger partial charge in [-0.1, -0.05) is 55.0 Å². The summed E-state index contributed by atoms with van der Waals surface area (Å²) in [6.07, 6.45) is 5.12. The van der Waals surface area contributed by atoms with Crippen LogP contribution < -0.4 is 15.4 Å². The predicted octanol–water partition coefficient (Wildman–Crippen LogP) is 4.94. The van der Waals surface area contributed by atoms with Gasteiger partial charge in [-0.2, -0.15) is 0 Å². The number of aromatic hydroxyl groups is 1. The highest BCUT2D eigenvalue weighted by Gasteiger charge is 2.37. The summed E-state index contributed by atoms with van der Waals surface area (Å²) in [5, 5.41) is 16.3. The van der Waals surface area contributed by atoms with Gasteiger partial charge < -0.3 is 25.2 Å². The first-order valence-electron chi connectivity index (χ1n) is 13.0. The molecule has 0 aliphatic rings. The molecule has 9 nitrogen and oxygen atoms in total. The largest absolute Gasteiger partial charge is 0.507 e. The van der Waals surface area contributed by atoms with Gasteiger partial charge in [0.2, 0.25) is 0 Å². The SMILES string of the molecule is C#CN(C(=O)C(Cc1ccccc1)NC(=O)OC(C)(C)C)C(C(=O)Nc1ccc(OC)cc1)c1cccc(C)c1O. The molecule has 214 valence electrons. The maximum absolute atomic E-state index is 14.1. The summed E-state index contributed by atoms with van der Waals surface area (Å²) < 4.78 is 10.6. The third-order valence-corrected chi connectivity index (χ3v) is 6.08. The number of carbonyl (C=O) groups is 3. The molecule has 0 aliphatic heterocycles.